The molecule has 0 saturated heterocycles. The number of carbonyl (C=O) groups excluding carboxylic acids is 3. The maximum absolute atomic E-state index is 13.1. The quantitative estimate of drug-likeness (QED) is 0.289. The van der Waals surface area contributed by atoms with Crippen molar-refractivity contribution in [3.63, 3.8) is 0 Å². The van der Waals surface area contributed by atoms with Crippen molar-refractivity contribution in [1.29, 1.82) is 0 Å². The summed E-state index contributed by atoms with van der Waals surface area (Å²) in [5.41, 5.74) is 5.10. The lowest BCUT2D eigenvalue weighted by Crippen LogP contribution is -2.36. The van der Waals surface area contributed by atoms with Crippen molar-refractivity contribution in [3.05, 3.63) is 93.5 Å². The predicted molar refractivity (Wildman–Crippen MR) is 138 cm³/mol. The van der Waals surface area contributed by atoms with E-state index in [2.05, 4.69) is 32.0 Å². The highest BCUT2D eigenvalue weighted by Gasteiger charge is 2.22. The van der Waals surface area contributed by atoms with E-state index in [0.717, 1.165) is 10.0 Å². The van der Waals surface area contributed by atoms with E-state index in [1.807, 2.05) is 25.1 Å². The summed E-state index contributed by atoms with van der Waals surface area (Å²) < 4.78 is 2.09. The SMILES string of the molecule is CCc1ccccc1NC(=O)C(=O)Nn1c(C(=O)Nc2ccccc2Cl)cc2cc(Br)ccc21. The molecule has 172 valence electrons. The molecule has 0 bridgehead atoms. The van der Waals surface area contributed by atoms with Crippen LogP contribution in [-0.4, -0.2) is 22.4 Å². The monoisotopic (exact) mass is 538 g/mol. The first-order chi connectivity index (χ1) is 16.4. The number of carbonyl (C=O) groups is 3. The van der Waals surface area contributed by atoms with E-state index in [0.29, 0.717) is 33.7 Å². The molecule has 0 atom stereocenters. The number of amides is 3. The van der Waals surface area contributed by atoms with Crippen molar-refractivity contribution in [2.24, 2.45) is 0 Å². The Bertz CT molecular complexity index is 1420. The number of halogens is 2. The molecule has 0 fully saturated rings. The number of aromatic nitrogens is 1. The minimum Gasteiger partial charge on any atom is -0.319 e. The van der Waals surface area contributed by atoms with Crippen molar-refractivity contribution in [3.8, 4) is 0 Å². The van der Waals surface area contributed by atoms with Gasteiger partial charge in [0.15, 0.2) is 0 Å². The van der Waals surface area contributed by atoms with Gasteiger partial charge in [0.1, 0.15) is 5.69 Å². The van der Waals surface area contributed by atoms with E-state index >= 15 is 0 Å². The molecule has 4 aromatic rings. The van der Waals surface area contributed by atoms with Crippen LogP contribution in [0.1, 0.15) is 23.0 Å². The second-order valence-electron chi connectivity index (χ2n) is 7.41. The van der Waals surface area contributed by atoms with Crippen LogP contribution in [0.4, 0.5) is 11.4 Å². The highest BCUT2D eigenvalue weighted by atomic mass is 79.9. The number of nitrogens with zero attached hydrogens (tertiary/aromatic N) is 1. The van der Waals surface area contributed by atoms with Gasteiger partial charge in [-0.25, -0.2) is 4.68 Å². The van der Waals surface area contributed by atoms with Gasteiger partial charge in [0.2, 0.25) is 0 Å². The van der Waals surface area contributed by atoms with Crippen molar-refractivity contribution in [1.82, 2.24) is 4.68 Å². The van der Waals surface area contributed by atoms with Crippen molar-refractivity contribution in [2.45, 2.75) is 13.3 Å². The first-order valence-corrected chi connectivity index (χ1v) is 11.6. The molecule has 3 N–H and O–H groups in total. The van der Waals surface area contributed by atoms with Crippen LogP contribution in [0.2, 0.25) is 5.02 Å². The first kappa shape index (κ1) is 23.5. The molecular formula is C25H20BrClN4O3. The van der Waals surface area contributed by atoms with Gasteiger partial charge in [0, 0.05) is 15.5 Å². The number of benzene rings is 3. The van der Waals surface area contributed by atoms with Gasteiger partial charge in [0.05, 0.1) is 16.2 Å². The summed E-state index contributed by atoms with van der Waals surface area (Å²) >= 11 is 9.58. The average molecular weight is 540 g/mol. The Morgan fingerprint density at radius 1 is 0.882 bits per heavy atom. The maximum Gasteiger partial charge on any atom is 0.328 e. The van der Waals surface area contributed by atoms with Crippen molar-refractivity contribution in [2.75, 3.05) is 16.1 Å². The number of nitrogens with one attached hydrogen (secondary N) is 3. The van der Waals surface area contributed by atoms with Crippen LogP contribution in [0.15, 0.2) is 77.3 Å². The molecule has 0 unspecified atom stereocenters. The van der Waals surface area contributed by atoms with Gasteiger partial charge in [-0.05, 0) is 54.4 Å². The van der Waals surface area contributed by atoms with E-state index < -0.39 is 17.7 Å². The Labute approximate surface area is 209 Å². The molecule has 0 spiro atoms. The molecular weight excluding hydrogens is 520 g/mol. The lowest BCUT2D eigenvalue weighted by molar-refractivity contribution is -0.133. The topological polar surface area (TPSA) is 92.2 Å². The zero-order valence-corrected chi connectivity index (χ0v) is 20.4. The Morgan fingerprint density at radius 2 is 1.59 bits per heavy atom. The molecule has 0 aliphatic rings. The molecule has 7 nitrogen and oxygen atoms in total. The molecule has 1 heterocycles. The number of fused-ring (bicyclic) bond motifs is 1. The Kier molecular flexibility index (Phi) is 7.00. The fourth-order valence-electron chi connectivity index (χ4n) is 3.50. The number of hydrogen-bond donors (Lipinski definition) is 3. The summed E-state index contributed by atoms with van der Waals surface area (Å²) in [4.78, 5) is 38.6. The van der Waals surface area contributed by atoms with Gasteiger partial charge in [-0.2, -0.15) is 0 Å². The minimum absolute atomic E-state index is 0.128. The normalized spacial score (nSPS) is 10.7. The third-order valence-corrected chi connectivity index (χ3v) is 6.01. The van der Waals surface area contributed by atoms with Gasteiger partial charge in [-0.15, -0.1) is 0 Å². The van der Waals surface area contributed by atoms with Crippen LogP contribution >= 0.6 is 27.5 Å². The highest BCUT2D eigenvalue weighted by Crippen LogP contribution is 2.26. The third kappa shape index (κ3) is 4.98. The molecule has 0 aliphatic heterocycles. The molecule has 9 heteroatoms. The zero-order chi connectivity index (χ0) is 24.2. The largest absolute Gasteiger partial charge is 0.328 e. The summed E-state index contributed by atoms with van der Waals surface area (Å²) in [6, 6.07) is 21.0. The van der Waals surface area contributed by atoms with Gasteiger partial charge in [0.25, 0.3) is 5.91 Å². The first-order valence-electron chi connectivity index (χ1n) is 10.4. The number of aryl methyl sites for hydroxylation is 1. The van der Waals surface area contributed by atoms with Gasteiger partial charge < -0.3 is 10.6 Å². The number of para-hydroxylation sites is 2. The molecule has 3 amide bonds. The zero-order valence-electron chi connectivity index (χ0n) is 18.1. The van der Waals surface area contributed by atoms with Crippen LogP contribution in [0.3, 0.4) is 0 Å². The fourth-order valence-corrected chi connectivity index (χ4v) is 4.07. The number of rotatable bonds is 5. The van der Waals surface area contributed by atoms with Gasteiger partial charge >= 0.3 is 11.8 Å². The van der Waals surface area contributed by atoms with E-state index in [-0.39, 0.29) is 5.69 Å². The summed E-state index contributed by atoms with van der Waals surface area (Å²) in [5, 5.41) is 6.45. The lowest BCUT2D eigenvalue weighted by Gasteiger charge is -2.14. The second-order valence-corrected chi connectivity index (χ2v) is 8.73. The van der Waals surface area contributed by atoms with E-state index in [4.69, 9.17) is 11.6 Å². The summed E-state index contributed by atoms with van der Waals surface area (Å²) in [6.45, 7) is 1.96. The lowest BCUT2D eigenvalue weighted by atomic mass is 10.1. The Hall–Kier alpha value is -3.62. The molecule has 0 aliphatic carbocycles. The second kappa shape index (κ2) is 10.1. The Balaban J connectivity index is 1.64. The number of hydrogen-bond acceptors (Lipinski definition) is 3. The smallest absolute Gasteiger partial charge is 0.319 e. The van der Waals surface area contributed by atoms with Crippen LogP contribution in [0, 0.1) is 0 Å². The molecule has 0 saturated carbocycles. The predicted octanol–water partition coefficient (Wildman–Crippen LogP) is 5.58. The van der Waals surface area contributed by atoms with E-state index in [1.165, 1.54) is 4.68 Å². The average Bonchev–Trinajstić information content (AvgIpc) is 3.18. The maximum atomic E-state index is 13.1. The van der Waals surface area contributed by atoms with Crippen molar-refractivity contribution >= 4 is 67.5 Å². The van der Waals surface area contributed by atoms with E-state index in [9.17, 15) is 14.4 Å². The number of anilines is 2. The van der Waals surface area contributed by atoms with Crippen LogP contribution in [-0.2, 0) is 16.0 Å². The van der Waals surface area contributed by atoms with Crippen LogP contribution < -0.4 is 16.1 Å². The van der Waals surface area contributed by atoms with Gasteiger partial charge in [-0.1, -0.05) is 64.8 Å². The highest BCUT2D eigenvalue weighted by molar-refractivity contribution is 9.10. The molecule has 0 radical (unpaired) electrons. The van der Waals surface area contributed by atoms with E-state index in [1.54, 1.807) is 54.6 Å². The molecule has 1 aromatic heterocycles. The summed E-state index contributed by atoms with van der Waals surface area (Å²) in [7, 11) is 0. The Morgan fingerprint density at radius 3 is 2.32 bits per heavy atom. The fraction of sp³-hybridized carbons (Fsp3) is 0.0800. The third-order valence-electron chi connectivity index (χ3n) is 5.18. The molecule has 34 heavy (non-hydrogen) atoms. The van der Waals surface area contributed by atoms with Gasteiger partial charge in [-0.3, -0.25) is 19.8 Å². The van der Waals surface area contributed by atoms with Crippen molar-refractivity contribution < 1.29 is 14.4 Å². The molecule has 3 aromatic carbocycles. The summed E-state index contributed by atoms with van der Waals surface area (Å²) in [5.74, 6) is -2.27. The summed E-state index contributed by atoms with van der Waals surface area (Å²) in [6.07, 6.45) is 0.696. The molecule has 4 rings (SSSR count). The minimum atomic E-state index is -0.918. The van der Waals surface area contributed by atoms with Crippen LogP contribution in [0.25, 0.3) is 10.9 Å². The van der Waals surface area contributed by atoms with Crippen LogP contribution in [0.5, 0.6) is 0 Å². The standard InChI is InChI=1S/C25H20BrClN4O3/c1-2-15-7-3-5-9-19(15)28-24(33)25(34)30-31-21-12-11-17(26)13-16(21)14-22(31)23(32)29-20-10-6-4-8-18(20)27/h3-14H,2H2,1H3,(H,28,33)(H,29,32)(H,30,34).